The molecule has 0 atom stereocenters. The summed E-state index contributed by atoms with van der Waals surface area (Å²) in [6.45, 7) is 1.65. The Balaban J connectivity index is 2.37. The number of amides is 1. The van der Waals surface area contributed by atoms with Crippen molar-refractivity contribution in [3.8, 4) is 0 Å². The fraction of sp³-hybridized carbons (Fsp3) is 0.0909. The van der Waals surface area contributed by atoms with Crippen molar-refractivity contribution in [3.05, 3.63) is 35.7 Å². The van der Waals surface area contributed by atoms with Crippen molar-refractivity contribution in [2.75, 3.05) is 10.5 Å². The molecule has 1 aromatic carbocycles. The summed E-state index contributed by atoms with van der Waals surface area (Å²) in [5.41, 5.74) is 11.3. The lowest BCUT2D eigenvalue weighted by Crippen LogP contribution is -2.17. The highest BCUT2D eigenvalue weighted by molar-refractivity contribution is 7.92. The van der Waals surface area contributed by atoms with Crippen LogP contribution < -0.4 is 16.2 Å². The van der Waals surface area contributed by atoms with Crippen LogP contribution in [0.5, 0.6) is 0 Å². The molecule has 0 aliphatic carbocycles. The summed E-state index contributed by atoms with van der Waals surface area (Å²) in [6.07, 6.45) is 1.30. The van der Waals surface area contributed by atoms with E-state index in [0.29, 0.717) is 5.69 Å². The largest absolute Gasteiger partial charge is 0.431 e. The van der Waals surface area contributed by atoms with Gasteiger partial charge in [-0.1, -0.05) is 0 Å². The molecule has 9 heteroatoms. The Hall–Kier alpha value is -2.55. The van der Waals surface area contributed by atoms with Crippen LogP contribution >= 0.6 is 0 Å². The summed E-state index contributed by atoms with van der Waals surface area (Å²) in [6, 6.07) is 3.49. The third-order valence-electron chi connectivity index (χ3n) is 2.42. The average Bonchev–Trinajstić information content (AvgIpc) is 2.73. The van der Waals surface area contributed by atoms with Crippen LogP contribution in [0.2, 0.25) is 0 Å². The minimum atomic E-state index is -3.96. The van der Waals surface area contributed by atoms with Gasteiger partial charge < -0.3 is 15.9 Å². The van der Waals surface area contributed by atoms with Crippen molar-refractivity contribution >= 4 is 27.6 Å². The van der Waals surface area contributed by atoms with Gasteiger partial charge in [0.05, 0.1) is 11.4 Å². The molecular formula is C11H12N4O4S. The Labute approximate surface area is 114 Å². The third kappa shape index (κ3) is 2.72. The van der Waals surface area contributed by atoms with E-state index >= 15 is 0 Å². The summed E-state index contributed by atoms with van der Waals surface area (Å²) in [4.78, 5) is 14.6. The van der Waals surface area contributed by atoms with Crippen LogP contribution in [-0.4, -0.2) is 19.3 Å². The average molecular weight is 296 g/mol. The number of nitrogen functional groups attached to an aromatic ring is 1. The number of aryl methyl sites for hydroxylation is 1. The second-order valence-corrected chi connectivity index (χ2v) is 5.67. The van der Waals surface area contributed by atoms with E-state index in [4.69, 9.17) is 15.9 Å². The summed E-state index contributed by atoms with van der Waals surface area (Å²) in [5.74, 6) is -0.697. The third-order valence-corrected chi connectivity index (χ3v) is 3.82. The standard InChI is InChI=1S/C11H12N4O4S/c1-6-5-19-11(14-6)15-20(17,18)9-3-2-7(10(13)16)4-8(9)12/h2-5H,12H2,1H3,(H2,13,16)(H,14,15). The molecule has 0 saturated carbocycles. The molecule has 0 spiro atoms. The highest BCUT2D eigenvalue weighted by atomic mass is 32.2. The summed E-state index contributed by atoms with van der Waals surface area (Å²) >= 11 is 0. The monoisotopic (exact) mass is 296 g/mol. The van der Waals surface area contributed by atoms with E-state index in [1.165, 1.54) is 24.5 Å². The van der Waals surface area contributed by atoms with Gasteiger partial charge in [-0.15, -0.1) is 0 Å². The fourth-order valence-electron chi connectivity index (χ4n) is 1.52. The number of primary amides is 1. The summed E-state index contributed by atoms with van der Waals surface area (Å²) in [7, 11) is -3.96. The quantitative estimate of drug-likeness (QED) is 0.700. The highest BCUT2D eigenvalue weighted by Gasteiger charge is 2.20. The predicted molar refractivity (Wildman–Crippen MR) is 71.4 cm³/mol. The van der Waals surface area contributed by atoms with Gasteiger partial charge >= 0.3 is 6.01 Å². The maximum Gasteiger partial charge on any atom is 0.309 e. The lowest BCUT2D eigenvalue weighted by Gasteiger charge is -2.08. The van der Waals surface area contributed by atoms with Crippen LogP contribution in [0.3, 0.4) is 0 Å². The number of nitrogens with zero attached hydrogens (tertiary/aromatic N) is 1. The van der Waals surface area contributed by atoms with E-state index in [2.05, 4.69) is 9.71 Å². The number of aromatic nitrogens is 1. The van der Waals surface area contributed by atoms with E-state index in [9.17, 15) is 13.2 Å². The molecule has 2 aromatic rings. The predicted octanol–water partition coefficient (Wildman–Crippen LogP) is 0.465. The Kier molecular flexibility index (Phi) is 3.36. The van der Waals surface area contributed by atoms with Gasteiger partial charge in [0, 0.05) is 5.56 Å². The molecule has 0 radical (unpaired) electrons. The molecule has 1 heterocycles. The Bertz CT molecular complexity index is 766. The maximum atomic E-state index is 12.1. The van der Waals surface area contributed by atoms with Crippen molar-refractivity contribution < 1.29 is 17.6 Å². The first-order chi connectivity index (χ1) is 9.29. The van der Waals surface area contributed by atoms with E-state index in [0.717, 1.165) is 0 Å². The van der Waals surface area contributed by atoms with Crippen molar-refractivity contribution in [1.29, 1.82) is 0 Å². The molecule has 0 aliphatic rings. The molecule has 5 N–H and O–H groups in total. The van der Waals surface area contributed by atoms with Crippen LogP contribution in [0.25, 0.3) is 0 Å². The zero-order chi connectivity index (χ0) is 14.9. The van der Waals surface area contributed by atoms with Crippen molar-refractivity contribution in [3.63, 3.8) is 0 Å². The highest BCUT2D eigenvalue weighted by Crippen LogP contribution is 2.22. The summed E-state index contributed by atoms with van der Waals surface area (Å²) < 4.78 is 31.3. The van der Waals surface area contributed by atoms with Crippen molar-refractivity contribution in [2.24, 2.45) is 5.73 Å². The van der Waals surface area contributed by atoms with Gasteiger partial charge in [-0.2, -0.15) is 4.98 Å². The molecule has 106 valence electrons. The second kappa shape index (κ2) is 4.85. The van der Waals surface area contributed by atoms with Gasteiger partial charge in [0.15, 0.2) is 0 Å². The molecule has 0 aliphatic heterocycles. The number of oxazole rings is 1. The molecule has 0 saturated heterocycles. The molecule has 1 aromatic heterocycles. The fourth-order valence-corrected chi connectivity index (χ4v) is 2.57. The van der Waals surface area contributed by atoms with Crippen LogP contribution in [0.15, 0.2) is 33.8 Å². The van der Waals surface area contributed by atoms with Crippen LogP contribution in [-0.2, 0) is 10.0 Å². The number of anilines is 2. The Morgan fingerprint density at radius 1 is 1.40 bits per heavy atom. The number of rotatable bonds is 4. The summed E-state index contributed by atoms with van der Waals surface area (Å²) in [5, 5.41) is 0. The first-order valence-corrected chi connectivity index (χ1v) is 6.92. The second-order valence-electron chi connectivity index (χ2n) is 4.02. The van der Waals surface area contributed by atoms with E-state index in [1.807, 2.05) is 0 Å². The molecule has 2 rings (SSSR count). The van der Waals surface area contributed by atoms with Gasteiger partial charge in [-0.25, -0.2) is 13.1 Å². The molecule has 20 heavy (non-hydrogen) atoms. The molecule has 0 fully saturated rings. The molecule has 0 bridgehead atoms. The Morgan fingerprint density at radius 2 is 2.10 bits per heavy atom. The first-order valence-electron chi connectivity index (χ1n) is 5.44. The maximum absolute atomic E-state index is 12.1. The van der Waals surface area contributed by atoms with Crippen molar-refractivity contribution in [2.45, 2.75) is 11.8 Å². The number of nitrogens with one attached hydrogen (secondary N) is 1. The minimum Gasteiger partial charge on any atom is -0.431 e. The van der Waals surface area contributed by atoms with Gasteiger partial charge in [0.25, 0.3) is 10.0 Å². The van der Waals surface area contributed by atoms with E-state index in [-0.39, 0.29) is 22.2 Å². The van der Waals surface area contributed by atoms with E-state index < -0.39 is 15.9 Å². The number of sulfonamides is 1. The number of benzene rings is 1. The number of nitrogens with two attached hydrogens (primary N) is 2. The van der Waals surface area contributed by atoms with Crippen LogP contribution in [0, 0.1) is 6.92 Å². The smallest absolute Gasteiger partial charge is 0.309 e. The minimum absolute atomic E-state index is 0.0999. The van der Waals surface area contributed by atoms with Crippen LogP contribution in [0.1, 0.15) is 16.1 Å². The molecule has 1 amide bonds. The van der Waals surface area contributed by atoms with Gasteiger partial charge in [-0.05, 0) is 25.1 Å². The van der Waals surface area contributed by atoms with Crippen molar-refractivity contribution in [1.82, 2.24) is 4.98 Å². The van der Waals surface area contributed by atoms with Gasteiger partial charge in [0.1, 0.15) is 11.2 Å². The van der Waals surface area contributed by atoms with Gasteiger partial charge in [-0.3, -0.25) is 4.79 Å². The number of carbonyl (C=O) groups excluding carboxylic acids is 1. The molecular weight excluding hydrogens is 284 g/mol. The lowest BCUT2D eigenvalue weighted by molar-refractivity contribution is 0.1000. The molecule has 0 unspecified atom stereocenters. The molecule has 8 nitrogen and oxygen atoms in total. The first kappa shape index (κ1) is 13.9. The number of carbonyl (C=O) groups is 1. The topological polar surface area (TPSA) is 141 Å². The number of hydrogen-bond acceptors (Lipinski definition) is 6. The van der Waals surface area contributed by atoms with Crippen LogP contribution in [0.4, 0.5) is 11.7 Å². The lowest BCUT2D eigenvalue weighted by atomic mass is 10.2. The zero-order valence-electron chi connectivity index (χ0n) is 10.5. The van der Waals surface area contributed by atoms with Gasteiger partial charge in [0.2, 0.25) is 5.91 Å². The Morgan fingerprint density at radius 3 is 2.60 bits per heavy atom. The number of hydrogen-bond donors (Lipinski definition) is 3. The van der Waals surface area contributed by atoms with E-state index in [1.54, 1.807) is 6.92 Å². The zero-order valence-corrected chi connectivity index (χ0v) is 11.3. The SMILES string of the molecule is Cc1coc(NS(=O)(=O)c2ccc(C(N)=O)cc2N)n1. The normalized spacial score (nSPS) is 11.2.